The number of fused-ring (bicyclic) bond motifs is 2. The van der Waals surface area contributed by atoms with Gasteiger partial charge < -0.3 is 59.9 Å². The van der Waals surface area contributed by atoms with Crippen molar-refractivity contribution in [3.63, 3.8) is 0 Å². The van der Waals surface area contributed by atoms with Crippen LogP contribution in [0.15, 0.2) is 147 Å². The van der Waals surface area contributed by atoms with E-state index in [0.29, 0.717) is 68.6 Å². The van der Waals surface area contributed by atoms with Gasteiger partial charge in [-0.05, 0) is 123 Å². The number of carbonyl (C=O) groups is 2. The van der Waals surface area contributed by atoms with E-state index >= 15 is 0 Å². The molecule has 8 aromatic rings. The topological polar surface area (TPSA) is 189 Å². The van der Waals surface area contributed by atoms with Gasteiger partial charge in [-0.2, -0.15) is 19.9 Å². The molecule has 1 amide bonds. The molecule has 400 valence electrons. The summed E-state index contributed by atoms with van der Waals surface area (Å²) in [5.74, 6) is 2.13. The monoisotopic (exact) mass is 1070 g/mol. The van der Waals surface area contributed by atoms with Crippen LogP contribution in [0.25, 0.3) is 22.1 Å². The van der Waals surface area contributed by atoms with Crippen LogP contribution in [0.1, 0.15) is 0 Å². The van der Waals surface area contributed by atoms with E-state index in [-0.39, 0.29) is 19.0 Å². The second-order valence-electron chi connectivity index (χ2n) is 18.0. The molecule has 5 N–H and O–H groups in total. The third-order valence-electron chi connectivity index (χ3n) is 12.5. The number of halogens is 3. The van der Waals surface area contributed by atoms with E-state index in [1.54, 1.807) is 64.0 Å². The quantitative estimate of drug-likeness (QED) is 0.0383. The van der Waals surface area contributed by atoms with Crippen LogP contribution >= 0.6 is 11.6 Å². The number of likely N-dealkylation sites (N-methyl/N-ethyl adjacent to an activating group) is 2. The Hall–Kier alpha value is -8.59. The first-order valence-electron chi connectivity index (χ1n) is 24.9. The van der Waals surface area contributed by atoms with E-state index in [4.69, 9.17) is 26.8 Å². The van der Waals surface area contributed by atoms with Crippen LogP contribution in [0.3, 0.4) is 0 Å². The van der Waals surface area contributed by atoms with Gasteiger partial charge in [-0.1, -0.05) is 25.3 Å². The number of piperazine rings is 2. The number of ether oxygens (including phenoxy) is 2. The molecule has 0 bridgehead atoms. The Morgan fingerprint density at radius 2 is 1.05 bits per heavy atom. The second kappa shape index (κ2) is 26.3. The van der Waals surface area contributed by atoms with Gasteiger partial charge >= 0.3 is 0 Å². The lowest BCUT2D eigenvalue weighted by Crippen LogP contribution is -2.44. The van der Waals surface area contributed by atoms with E-state index in [1.165, 1.54) is 17.5 Å². The first-order chi connectivity index (χ1) is 37.4. The number of nitrogens with one attached hydrogen (secondary N) is 3. The summed E-state index contributed by atoms with van der Waals surface area (Å²) < 4.78 is 42.0. The first-order valence-corrected chi connectivity index (χ1v) is 25.3. The minimum atomic E-state index is -0.522. The summed E-state index contributed by atoms with van der Waals surface area (Å²) >= 11 is 4.71. The van der Waals surface area contributed by atoms with E-state index in [0.717, 1.165) is 69.8 Å². The van der Waals surface area contributed by atoms with Crippen molar-refractivity contribution in [2.24, 2.45) is 0 Å². The van der Waals surface area contributed by atoms with Gasteiger partial charge in [0.25, 0.3) is 0 Å². The molecule has 0 atom stereocenters. The number of carbonyl (C=O) groups excluding carboxylic acids is 2. The Morgan fingerprint density at radius 1 is 0.610 bits per heavy atom. The standard InChI is InChI=1S/C28H30FN7O2.C25H28FN7O.C3H3ClO/c1-3-25(37)30-21-5-4-6-23(19-21)38-27-24-11-13-36(14-12-29)26(24)32-28(33-27)31-20-7-9-22(10-8-20)35-17-15-34(2)16-18-35;1-31-13-15-32(16-14-31)20-7-5-19(6-8-20)28-25-29-23-22(9-11-33(23)12-10-26)24(30-25)34-21-4-2-3-18(27)17-21;1-2-3(4)5/h3-11,13,19H,1,12,14-18H2,2H3,(H,30,37)(H,31,32,33);2-9,11,17H,10,12-16,27H2,1H3,(H,28,29,30);2H,1H2. The Balaban J connectivity index is 0.000000188. The maximum absolute atomic E-state index is 13.2. The minimum absolute atomic E-state index is 0.169. The van der Waals surface area contributed by atoms with Crippen molar-refractivity contribution in [2.45, 2.75) is 13.1 Å². The molecule has 77 heavy (non-hydrogen) atoms. The predicted octanol–water partition coefficient (Wildman–Crippen LogP) is 10.0. The van der Waals surface area contributed by atoms with E-state index in [2.05, 4.69) is 107 Å². The van der Waals surface area contributed by atoms with Gasteiger partial charge in [0.15, 0.2) is 0 Å². The average molecular weight is 1070 g/mol. The summed E-state index contributed by atoms with van der Waals surface area (Å²) in [6, 6.07) is 34.1. The van der Waals surface area contributed by atoms with Gasteiger partial charge in [-0.15, -0.1) is 0 Å². The van der Waals surface area contributed by atoms with Gasteiger partial charge in [0.05, 0.1) is 23.9 Å². The summed E-state index contributed by atoms with van der Waals surface area (Å²) in [5.41, 5.74) is 12.3. The smallest absolute Gasteiger partial charge is 0.247 e. The number of nitrogens with zero attached hydrogens (tertiary/aromatic N) is 10. The molecule has 4 aromatic heterocycles. The minimum Gasteiger partial charge on any atom is -0.438 e. The summed E-state index contributed by atoms with van der Waals surface area (Å²) in [6.45, 7) is 14.1. The second-order valence-corrected chi connectivity index (χ2v) is 18.4. The number of anilines is 8. The molecule has 0 spiro atoms. The maximum atomic E-state index is 13.2. The van der Waals surface area contributed by atoms with E-state index < -0.39 is 18.6 Å². The Bertz CT molecular complexity index is 3290. The van der Waals surface area contributed by atoms with Crippen LogP contribution in [-0.2, 0) is 22.7 Å². The van der Waals surface area contributed by atoms with Crippen molar-refractivity contribution in [3.05, 3.63) is 147 Å². The van der Waals surface area contributed by atoms with Crippen molar-refractivity contribution in [2.75, 3.05) is 111 Å². The molecule has 4 aromatic carbocycles. The summed E-state index contributed by atoms with van der Waals surface area (Å²) in [4.78, 5) is 49.1. The first kappa shape index (κ1) is 54.7. The zero-order valence-electron chi connectivity index (χ0n) is 42.9. The van der Waals surface area contributed by atoms with Crippen LogP contribution in [0.4, 0.5) is 54.8 Å². The number of aromatic nitrogens is 6. The number of nitrogen functional groups attached to an aromatic ring is 1. The highest BCUT2D eigenvalue weighted by molar-refractivity contribution is 6.66. The molecule has 10 rings (SSSR count). The fourth-order valence-corrected chi connectivity index (χ4v) is 8.42. The lowest BCUT2D eigenvalue weighted by Gasteiger charge is -2.34. The number of rotatable bonds is 17. The Morgan fingerprint density at radius 3 is 1.47 bits per heavy atom. The normalized spacial score (nSPS) is 13.7. The van der Waals surface area contributed by atoms with E-state index in [9.17, 15) is 18.4 Å². The zero-order valence-corrected chi connectivity index (χ0v) is 43.7. The molecule has 18 nitrogen and oxygen atoms in total. The van der Waals surface area contributed by atoms with Gasteiger partial charge in [-0.25, -0.2) is 8.78 Å². The summed E-state index contributed by atoms with van der Waals surface area (Å²) in [6.07, 6.45) is 5.80. The Labute approximate surface area is 450 Å². The molecule has 0 radical (unpaired) electrons. The van der Waals surface area contributed by atoms with Crippen molar-refractivity contribution in [3.8, 4) is 23.3 Å². The number of allylic oxidation sites excluding steroid dienone is 1. The van der Waals surface area contributed by atoms with Gasteiger partial charge in [0.1, 0.15) is 36.1 Å². The third kappa shape index (κ3) is 14.8. The number of hydrogen-bond acceptors (Lipinski definition) is 15. The summed E-state index contributed by atoms with van der Waals surface area (Å²) in [7, 11) is 4.29. The number of aryl methyl sites for hydroxylation is 2. The fourth-order valence-electron chi connectivity index (χ4n) is 8.42. The molecule has 2 aliphatic heterocycles. The maximum Gasteiger partial charge on any atom is 0.247 e. The highest BCUT2D eigenvalue weighted by Crippen LogP contribution is 2.34. The highest BCUT2D eigenvalue weighted by Gasteiger charge is 2.19. The fraction of sp³-hybridized carbons (Fsp3) is 0.250. The Kier molecular flexibility index (Phi) is 18.6. The third-order valence-corrected chi connectivity index (χ3v) is 12.7. The molecule has 0 saturated carbocycles. The van der Waals surface area contributed by atoms with Crippen molar-refractivity contribution in [1.82, 2.24) is 38.9 Å². The highest BCUT2D eigenvalue weighted by atomic mass is 35.5. The van der Waals surface area contributed by atoms with E-state index in [1.807, 2.05) is 42.5 Å². The van der Waals surface area contributed by atoms with Crippen molar-refractivity contribution >= 4 is 90.8 Å². The number of alkyl halides is 2. The average Bonchev–Trinajstić information content (AvgIpc) is 4.07. The number of benzene rings is 4. The number of nitrogens with two attached hydrogens (primary N) is 1. The van der Waals surface area contributed by atoms with Crippen LogP contribution in [-0.4, -0.2) is 130 Å². The summed E-state index contributed by atoms with van der Waals surface area (Å²) in [5, 5.41) is 10.1. The van der Waals surface area contributed by atoms with Gasteiger partial charge in [-0.3, -0.25) is 9.59 Å². The molecule has 2 saturated heterocycles. The van der Waals surface area contributed by atoms with Crippen LogP contribution in [0, 0.1) is 0 Å². The zero-order chi connectivity index (χ0) is 54.3. The molecule has 6 heterocycles. The van der Waals surface area contributed by atoms with Gasteiger partial charge in [0.2, 0.25) is 34.8 Å². The molecule has 0 aliphatic carbocycles. The molecular weight excluding hydrogens is 1010 g/mol. The molecular formula is C56H61ClF2N14O4. The molecule has 2 aliphatic rings. The van der Waals surface area contributed by atoms with Crippen molar-refractivity contribution in [1.29, 1.82) is 0 Å². The SMILES string of the molecule is C=CC(=O)Cl.C=CC(=O)Nc1cccc(Oc2nc(Nc3ccc(N4CCN(C)CC4)cc3)nc3c2ccn3CCF)c1.CN1CCN(c2ccc(Nc3nc(Oc4cccc(N)c4)c4ccn(CCF)c4n3)cc2)CC1. The molecule has 21 heteroatoms. The number of hydrogen-bond donors (Lipinski definition) is 4. The predicted molar refractivity (Wildman–Crippen MR) is 303 cm³/mol. The lowest BCUT2D eigenvalue weighted by molar-refractivity contribution is -0.112. The van der Waals surface area contributed by atoms with Crippen molar-refractivity contribution < 1.29 is 27.8 Å². The lowest BCUT2D eigenvalue weighted by atomic mass is 10.2. The number of amides is 1. The largest absolute Gasteiger partial charge is 0.438 e. The van der Waals surface area contributed by atoms with Crippen LogP contribution in [0.5, 0.6) is 23.3 Å². The van der Waals surface area contributed by atoms with Crippen LogP contribution < -0.4 is 41.0 Å². The molecule has 0 unspecified atom stereocenters. The van der Waals surface area contributed by atoms with Gasteiger partial charge in [0, 0.05) is 111 Å². The van der Waals surface area contributed by atoms with Crippen LogP contribution in [0.2, 0.25) is 0 Å². The molecule has 2 fully saturated rings.